The number of amides is 6. The van der Waals surface area contributed by atoms with Crippen molar-refractivity contribution in [1.82, 2.24) is 66.5 Å². The molecule has 1 aromatic carbocycles. The Labute approximate surface area is 565 Å². The number of carbonyl (C=O) groups is 8. The second kappa shape index (κ2) is 29.6. The van der Waals surface area contributed by atoms with Gasteiger partial charge in [0.15, 0.2) is 0 Å². The van der Waals surface area contributed by atoms with Crippen LogP contribution in [0.15, 0.2) is 82.3 Å². The maximum Gasteiger partial charge on any atom is 0.416 e. The van der Waals surface area contributed by atoms with Gasteiger partial charge in [0.05, 0.1) is 54.7 Å². The Hall–Kier alpha value is -9.22. The number of pyridine rings is 2. The highest BCUT2D eigenvalue weighted by molar-refractivity contribution is 7.15. The maximum atomic E-state index is 14.5. The second-order valence-electron chi connectivity index (χ2n) is 22.3. The minimum Gasteiger partial charge on any atom is -0.481 e. The highest BCUT2D eigenvalue weighted by Crippen LogP contribution is 2.41. The van der Waals surface area contributed by atoms with E-state index in [1.807, 2.05) is 13.8 Å². The van der Waals surface area contributed by atoms with Crippen molar-refractivity contribution in [2.45, 2.75) is 96.4 Å². The number of aliphatic hydroxyl groups excluding tert-OH is 1. The number of nitrogens with one attached hydrogen (secondary N) is 5. The van der Waals surface area contributed by atoms with Gasteiger partial charge >= 0.3 is 18.0 Å². The molecule has 1 aliphatic carbocycles. The lowest BCUT2D eigenvalue weighted by atomic mass is 9.87. The van der Waals surface area contributed by atoms with Crippen molar-refractivity contribution in [3.05, 3.63) is 141 Å². The van der Waals surface area contributed by atoms with Gasteiger partial charge in [0.2, 0.25) is 11.8 Å². The molecule has 0 saturated heterocycles. The highest BCUT2D eigenvalue weighted by Gasteiger charge is 2.35. The van der Waals surface area contributed by atoms with Gasteiger partial charge in [-0.25, -0.2) is 49.5 Å². The van der Waals surface area contributed by atoms with Crippen molar-refractivity contribution < 1.29 is 63.1 Å². The van der Waals surface area contributed by atoms with E-state index < -0.39 is 90.4 Å². The number of aryl methyl sites for hydroxylation is 1. The fourth-order valence-electron chi connectivity index (χ4n) is 10.4. The first kappa shape index (κ1) is 67.2. The van der Waals surface area contributed by atoms with E-state index >= 15 is 0 Å². The van der Waals surface area contributed by atoms with E-state index in [4.69, 9.17) is 44.4 Å². The molecule has 492 valence electrons. The molecular formula is C62H60N14O13S6. The smallest absolute Gasteiger partial charge is 0.416 e. The van der Waals surface area contributed by atoms with Crippen molar-refractivity contribution in [3.63, 3.8) is 0 Å². The molecule has 9 aromatic rings. The Kier molecular flexibility index (Phi) is 20.9. The summed E-state index contributed by atoms with van der Waals surface area (Å²) in [6.07, 6.45) is -0.378. The Bertz CT molecular complexity index is 4360. The Morgan fingerprint density at radius 1 is 0.705 bits per heavy atom. The molecule has 27 nitrogen and oxygen atoms in total. The Balaban J connectivity index is 0.983. The van der Waals surface area contributed by atoms with Gasteiger partial charge in [-0.15, -0.1) is 68.0 Å². The number of aromatic nitrogens is 8. The van der Waals surface area contributed by atoms with Gasteiger partial charge in [0.25, 0.3) is 17.7 Å². The molecule has 8 N–H and O–H groups in total. The zero-order valence-corrected chi connectivity index (χ0v) is 56.1. The number of carboxylic acids is 2. The molecule has 0 spiro atoms. The summed E-state index contributed by atoms with van der Waals surface area (Å²) in [7, 11) is 2.91. The number of ether oxygens (including phenoxy) is 2. The molecule has 6 amide bonds. The summed E-state index contributed by atoms with van der Waals surface area (Å²) in [6, 6.07) is 12.1. The summed E-state index contributed by atoms with van der Waals surface area (Å²) < 4.78 is 11.4. The van der Waals surface area contributed by atoms with Crippen molar-refractivity contribution in [3.8, 4) is 43.4 Å². The number of thiazole rings is 6. The van der Waals surface area contributed by atoms with Gasteiger partial charge in [0, 0.05) is 52.3 Å². The first-order valence-corrected chi connectivity index (χ1v) is 34.7. The molecule has 33 heteroatoms. The predicted molar refractivity (Wildman–Crippen MR) is 354 cm³/mol. The van der Waals surface area contributed by atoms with Crippen molar-refractivity contribution in [2.24, 2.45) is 11.8 Å². The number of carbonyl (C=O) groups excluding carboxylic acids is 6. The molecule has 10 bridgehead atoms. The number of aliphatic carboxylic acids is 1. The van der Waals surface area contributed by atoms with Crippen LogP contribution in [0.5, 0.6) is 0 Å². The Morgan fingerprint density at radius 2 is 1.42 bits per heavy atom. The minimum absolute atomic E-state index is 0.0190. The third-order valence-electron chi connectivity index (χ3n) is 15.4. The lowest BCUT2D eigenvalue weighted by Gasteiger charge is -2.28. The molecule has 1 aliphatic heterocycles. The quantitative estimate of drug-likeness (QED) is 0.0502. The van der Waals surface area contributed by atoms with Crippen LogP contribution in [0.1, 0.15) is 148 Å². The average molecular weight is 1400 g/mol. The third kappa shape index (κ3) is 15.5. The number of aliphatic hydroxyl groups is 1. The minimum atomic E-state index is -1.32. The molecule has 95 heavy (non-hydrogen) atoms. The van der Waals surface area contributed by atoms with E-state index in [2.05, 4.69) is 31.6 Å². The van der Waals surface area contributed by atoms with Gasteiger partial charge in [-0.05, 0) is 73.9 Å². The number of fused-ring (bicyclic) bond motifs is 14. The van der Waals surface area contributed by atoms with Crippen LogP contribution in [-0.2, 0) is 37.0 Å². The van der Waals surface area contributed by atoms with Crippen LogP contribution in [0, 0.1) is 18.8 Å². The van der Waals surface area contributed by atoms with Crippen LogP contribution in [-0.4, -0.2) is 130 Å². The van der Waals surface area contributed by atoms with E-state index in [9.17, 15) is 53.7 Å². The van der Waals surface area contributed by atoms with E-state index in [-0.39, 0.29) is 64.8 Å². The highest BCUT2D eigenvalue weighted by atomic mass is 32.1. The summed E-state index contributed by atoms with van der Waals surface area (Å²) in [6.45, 7) is 4.69. The van der Waals surface area contributed by atoms with E-state index in [1.165, 1.54) is 42.7 Å². The molecule has 8 aromatic heterocycles. The van der Waals surface area contributed by atoms with Crippen LogP contribution in [0.2, 0.25) is 0 Å². The van der Waals surface area contributed by atoms with E-state index in [1.54, 1.807) is 77.0 Å². The van der Waals surface area contributed by atoms with E-state index in [0.717, 1.165) is 56.7 Å². The molecule has 0 radical (unpaired) electrons. The van der Waals surface area contributed by atoms with E-state index in [0.29, 0.717) is 94.2 Å². The summed E-state index contributed by atoms with van der Waals surface area (Å²) in [5, 5.41) is 54.1. The van der Waals surface area contributed by atoms with Gasteiger partial charge in [-0.1, -0.05) is 44.2 Å². The standard InChI is InChI=1S/C62H60N14O13S6/c1-28(2)45-59-75-48(41(95-59)23-88-5)52(81)65-21-44(78)72-49(50(79)31-9-7-6-8-10-31)58-70-40(26-92-58)56-68-38(24-91-56)47-34(54-69-39(25-90-54)51(80)67-36(20-43(77)63-4)57-74-46(29(3)94-57)53(82)73-45)15-16-35(66-47)55-71-42(27-93-55)76(22-30-17-18-64-37(19-30)61(85)86)62(87)89-33-13-11-32(12-14-33)60(83)84/h6-10,15-19,24-28,32-33,36,45,49-50,79H,11-14,20-23H2,1-5H3,(H,63,77)(H,65,81)(H,67,80)(H,72,78)(H,73,82)(H,83,84)(H,85,86)/t32?,33?,36-,45?,49-,50-/m0/s1. The molecule has 9 heterocycles. The number of rotatable bonds is 14. The van der Waals surface area contributed by atoms with Gasteiger partial charge in [-0.3, -0.25) is 33.7 Å². The van der Waals surface area contributed by atoms with Gasteiger partial charge in [0.1, 0.15) is 94.0 Å². The summed E-state index contributed by atoms with van der Waals surface area (Å²) in [5.41, 5.74) is 2.37. The van der Waals surface area contributed by atoms with Crippen LogP contribution in [0.25, 0.3) is 43.4 Å². The topological polar surface area (TPSA) is 382 Å². The molecule has 1 unspecified atom stereocenters. The first-order valence-electron chi connectivity index (χ1n) is 29.5. The van der Waals surface area contributed by atoms with Crippen molar-refractivity contribution >= 4 is 121 Å². The number of hydrogen-bond donors (Lipinski definition) is 8. The Morgan fingerprint density at radius 3 is 2.16 bits per heavy atom. The zero-order valence-electron chi connectivity index (χ0n) is 51.2. The fourth-order valence-corrected chi connectivity index (χ4v) is 16.0. The van der Waals surface area contributed by atoms with Crippen molar-refractivity contribution in [1.29, 1.82) is 0 Å². The fraction of sp³-hybridized carbons (Fsp3) is 0.323. The van der Waals surface area contributed by atoms with Crippen LogP contribution >= 0.6 is 68.0 Å². The number of anilines is 1. The first-order chi connectivity index (χ1) is 45.7. The molecule has 2 aliphatic rings. The molecule has 1 saturated carbocycles. The lowest BCUT2D eigenvalue weighted by molar-refractivity contribution is -0.143. The second-order valence-corrected chi connectivity index (χ2v) is 28.1. The summed E-state index contributed by atoms with van der Waals surface area (Å²) in [4.78, 5) is 148. The number of hydrogen-bond acceptors (Lipinski definition) is 25. The number of carboxylic acid groups (broad SMARTS) is 2. The zero-order chi connectivity index (χ0) is 67.2. The van der Waals surface area contributed by atoms with Crippen LogP contribution < -0.4 is 31.5 Å². The average Bonchev–Trinajstić information content (AvgIpc) is 1.69. The lowest BCUT2D eigenvalue weighted by Crippen LogP contribution is -2.40. The normalized spacial score (nSPS) is 18.2. The monoisotopic (exact) mass is 1400 g/mol. The van der Waals surface area contributed by atoms with Gasteiger partial charge in [-0.2, -0.15) is 0 Å². The largest absolute Gasteiger partial charge is 0.481 e. The third-order valence-corrected chi connectivity index (χ3v) is 21.1. The van der Waals surface area contributed by atoms with Gasteiger partial charge < -0.3 is 51.4 Å². The van der Waals surface area contributed by atoms with Crippen molar-refractivity contribution in [2.75, 3.05) is 25.6 Å². The molecular weight excluding hydrogens is 1340 g/mol. The SMILES string of the molecule is CNC(=O)C[C@@H]1NC(=O)c2csc(n2)-c2ccc(-c3nc(N(Cc4ccnc(C(=O)O)c4)C(=O)OC4CCC(C(=O)O)CC4)cs3)nc2-c2csc(n2)-c2csc(n2)[C@H]([C@@H](O)c2ccccc2)NC(=O)CNC(=O)c2nc(sc2COC)C(C(C)C)NC(=O)c2nc1sc2C. The predicted octanol–water partition coefficient (Wildman–Crippen LogP) is 9.19. The summed E-state index contributed by atoms with van der Waals surface area (Å²) in [5.74, 6) is -5.92. The number of nitrogens with zero attached hydrogens (tertiary/aromatic N) is 9. The number of benzene rings is 1. The summed E-state index contributed by atoms with van der Waals surface area (Å²) >= 11 is 6.93. The van der Waals surface area contributed by atoms with Crippen LogP contribution in [0.4, 0.5) is 10.6 Å². The maximum absolute atomic E-state index is 14.5. The molecule has 11 rings (SSSR count). The molecule has 4 atom stereocenters. The number of aromatic carboxylic acids is 1. The molecule has 1 fully saturated rings. The number of methoxy groups -OCH3 is 1. The van der Waals surface area contributed by atoms with Crippen LogP contribution in [0.3, 0.4) is 0 Å².